The van der Waals surface area contributed by atoms with Crippen LogP contribution in [0.25, 0.3) is 0 Å². The number of fused-ring (bicyclic) bond motifs is 1. The van der Waals surface area contributed by atoms with Crippen LogP contribution in [0.5, 0.6) is 0 Å². The highest BCUT2D eigenvalue weighted by molar-refractivity contribution is 5.94. The molecule has 0 saturated carbocycles. The second-order valence-corrected chi connectivity index (χ2v) is 3.39. The average molecular weight is 194 g/mol. The third-order valence-electron chi connectivity index (χ3n) is 2.45. The van der Waals surface area contributed by atoms with Crippen LogP contribution in [0.15, 0.2) is 18.2 Å². The lowest BCUT2D eigenvalue weighted by Gasteiger charge is -2.24. The maximum Gasteiger partial charge on any atom is 0.225 e. The Morgan fingerprint density at radius 2 is 2.36 bits per heavy atom. The second-order valence-electron chi connectivity index (χ2n) is 3.39. The van der Waals surface area contributed by atoms with Crippen LogP contribution < -0.4 is 11.1 Å². The second kappa shape index (κ2) is 3.38. The van der Waals surface area contributed by atoms with E-state index in [1.165, 1.54) is 6.07 Å². The molecule has 0 radical (unpaired) electrons. The van der Waals surface area contributed by atoms with Gasteiger partial charge in [0.15, 0.2) is 0 Å². The third-order valence-corrected chi connectivity index (χ3v) is 2.45. The first-order valence-corrected chi connectivity index (χ1v) is 4.50. The fraction of sp³-hybridized carbons (Fsp3) is 0.300. The Bertz CT molecular complexity index is 378. The van der Waals surface area contributed by atoms with Crippen LogP contribution in [0, 0.1) is 5.82 Å². The molecule has 1 aliphatic heterocycles. The lowest BCUT2D eigenvalue weighted by molar-refractivity contribution is -0.116. The van der Waals surface area contributed by atoms with Crippen molar-refractivity contribution in [1.29, 1.82) is 0 Å². The van der Waals surface area contributed by atoms with Gasteiger partial charge in [-0.1, -0.05) is 6.07 Å². The number of nitrogens with one attached hydrogen (secondary N) is 1. The normalized spacial score (nSPS) is 20.1. The van der Waals surface area contributed by atoms with Crippen LogP contribution in [-0.4, -0.2) is 12.5 Å². The van der Waals surface area contributed by atoms with E-state index in [0.717, 1.165) is 0 Å². The van der Waals surface area contributed by atoms with Crippen LogP contribution >= 0.6 is 0 Å². The molecular formula is C10H11FN2O. The van der Waals surface area contributed by atoms with Crippen molar-refractivity contribution in [1.82, 2.24) is 0 Å². The Labute approximate surface area is 81.1 Å². The molecule has 0 saturated heterocycles. The Morgan fingerprint density at radius 3 is 3.07 bits per heavy atom. The number of benzene rings is 1. The number of amides is 1. The Balaban J connectivity index is 2.51. The molecule has 1 atom stereocenters. The summed E-state index contributed by atoms with van der Waals surface area (Å²) in [5.74, 6) is -0.587. The summed E-state index contributed by atoms with van der Waals surface area (Å²) in [6.07, 6.45) is 0.268. The van der Waals surface area contributed by atoms with E-state index in [1.807, 2.05) is 0 Å². The number of anilines is 1. The summed E-state index contributed by atoms with van der Waals surface area (Å²) >= 11 is 0. The number of halogens is 1. The summed E-state index contributed by atoms with van der Waals surface area (Å²) in [4.78, 5) is 11.2. The van der Waals surface area contributed by atoms with Crippen molar-refractivity contribution in [3.05, 3.63) is 29.6 Å². The minimum atomic E-state index is -0.294. The Kier molecular flexibility index (Phi) is 2.21. The first-order valence-electron chi connectivity index (χ1n) is 4.50. The maximum absolute atomic E-state index is 13.4. The lowest BCUT2D eigenvalue weighted by atomic mass is 9.90. The van der Waals surface area contributed by atoms with Crippen molar-refractivity contribution < 1.29 is 9.18 Å². The van der Waals surface area contributed by atoms with Gasteiger partial charge in [-0.25, -0.2) is 4.39 Å². The zero-order chi connectivity index (χ0) is 10.1. The summed E-state index contributed by atoms with van der Waals surface area (Å²) < 4.78 is 13.4. The first kappa shape index (κ1) is 9.15. The molecule has 0 fully saturated rings. The van der Waals surface area contributed by atoms with E-state index in [1.54, 1.807) is 12.1 Å². The van der Waals surface area contributed by atoms with Gasteiger partial charge in [-0.15, -0.1) is 0 Å². The first-order chi connectivity index (χ1) is 6.72. The highest BCUT2D eigenvalue weighted by Crippen LogP contribution is 2.33. The largest absolute Gasteiger partial charge is 0.330 e. The van der Waals surface area contributed by atoms with E-state index in [2.05, 4.69) is 5.32 Å². The van der Waals surface area contributed by atoms with E-state index in [-0.39, 0.29) is 24.1 Å². The van der Waals surface area contributed by atoms with Gasteiger partial charge in [0.25, 0.3) is 0 Å². The number of carbonyl (C=O) groups excluding carboxylic acids is 1. The molecule has 1 amide bonds. The van der Waals surface area contributed by atoms with Gasteiger partial charge in [0.1, 0.15) is 5.82 Å². The zero-order valence-corrected chi connectivity index (χ0v) is 7.59. The average Bonchev–Trinajstić information content (AvgIpc) is 2.16. The molecule has 4 heteroatoms. The maximum atomic E-state index is 13.4. The minimum absolute atomic E-state index is 0.0986. The molecule has 1 heterocycles. The minimum Gasteiger partial charge on any atom is -0.330 e. The van der Waals surface area contributed by atoms with Gasteiger partial charge in [0.2, 0.25) is 5.91 Å². The summed E-state index contributed by atoms with van der Waals surface area (Å²) in [5, 5.41) is 2.63. The molecule has 1 aromatic rings. The van der Waals surface area contributed by atoms with E-state index in [4.69, 9.17) is 5.73 Å². The third kappa shape index (κ3) is 1.37. The number of rotatable bonds is 1. The molecule has 0 aliphatic carbocycles. The fourth-order valence-corrected chi connectivity index (χ4v) is 1.79. The molecule has 3 nitrogen and oxygen atoms in total. The van der Waals surface area contributed by atoms with Crippen LogP contribution in [-0.2, 0) is 4.79 Å². The smallest absolute Gasteiger partial charge is 0.225 e. The van der Waals surface area contributed by atoms with E-state index in [9.17, 15) is 9.18 Å². The number of hydrogen-bond acceptors (Lipinski definition) is 2. The molecule has 74 valence electrons. The van der Waals surface area contributed by atoms with Gasteiger partial charge < -0.3 is 11.1 Å². The topological polar surface area (TPSA) is 55.1 Å². The van der Waals surface area contributed by atoms with Gasteiger partial charge in [0.05, 0.1) is 0 Å². The van der Waals surface area contributed by atoms with Crippen molar-refractivity contribution in [2.24, 2.45) is 5.73 Å². The summed E-state index contributed by atoms with van der Waals surface area (Å²) in [7, 11) is 0. The van der Waals surface area contributed by atoms with E-state index in [0.29, 0.717) is 17.8 Å². The predicted molar refractivity (Wildman–Crippen MR) is 51.4 cm³/mol. The Hall–Kier alpha value is -1.42. The summed E-state index contributed by atoms with van der Waals surface area (Å²) in [6, 6.07) is 4.66. The molecule has 14 heavy (non-hydrogen) atoms. The fourth-order valence-electron chi connectivity index (χ4n) is 1.79. The molecule has 0 bridgehead atoms. The Morgan fingerprint density at radius 1 is 1.57 bits per heavy atom. The highest BCUT2D eigenvalue weighted by atomic mass is 19.1. The van der Waals surface area contributed by atoms with Gasteiger partial charge in [-0.05, 0) is 18.7 Å². The molecule has 1 unspecified atom stereocenters. The molecule has 3 N–H and O–H groups in total. The predicted octanol–water partition coefficient (Wildman–Crippen LogP) is 1.21. The van der Waals surface area contributed by atoms with Crippen molar-refractivity contribution in [2.75, 3.05) is 11.9 Å². The zero-order valence-electron chi connectivity index (χ0n) is 7.59. The summed E-state index contributed by atoms with van der Waals surface area (Å²) in [5.41, 5.74) is 6.59. The van der Waals surface area contributed by atoms with Gasteiger partial charge in [-0.2, -0.15) is 0 Å². The number of carbonyl (C=O) groups is 1. The van der Waals surface area contributed by atoms with E-state index >= 15 is 0 Å². The lowest BCUT2D eigenvalue weighted by Crippen LogP contribution is -2.27. The van der Waals surface area contributed by atoms with Crippen LogP contribution in [0.1, 0.15) is 17.9 Å². The van der Waals surface area contributed by atoms with Crippen LogP contribution in [0.4, 0.5) is 10.1 Å². The number of nitrogens with two attached hydrogens (primary N) is 1. The molecule has 0 spiro atoms. The van der Waals surface area contributed by atoms with Crippen molar-refractivity contribution >= 4 is 11.6 Å². The van der Waals surface area contributed by atoms with Crippen LogP contribution in [0.3, 0.4) is 0 Å². The monoisotopic (exact) mass is 194 g/mol. The number of hydrogen-bond donors (Lipinski definition) is 2. The van der Waals surface area contributed by atoms with Gasteiger partial charge in [-0.3, -0.25) is 4.79 Å². The SMILES string of the molecule is NCC1CC(=O)Nc2cccc(F)c21. The van der Waals surface area contributed by atoms with E-state index < -0.39 is 0 Å². The van der Waals surface area contributed by atoms with Crippen LogP contribution in [0.2, 0.25) is 0 Å². The molecule has 0 aromatic heterocycles. The van der Waals surface area contributed by atoms with Gasteiger partial charge in [0, 0.05) is 23.6 Å². The molecule has 1 aliphatic rings. The quantitative estimate of drug-likeness (QED) is 0.706. The van der Waals surface area contributed by atoms with Gasteiger partial charge >= 0.3 is 0 Å². The molecule has 2 rings (SSSR count). The molecular weight excluding hydrogens is 183 g/mol. The standard InChI is InChI=1S/C10H11FN2O/c11-7-2-1-3-8-10(7)6(5-12)4-9(14)13-8/h1-3,6H,4-5,12H2,(H,13,14). The highest BCUT2D eigenvalue weighted by Gasteiger charge is 2.26. The molecule has 1 aromatic carbocycles. The van der Waals surface area contributed by atoms with Crippen molar-refractivity contribution in [2.45, 2.75) is 12.3 Å². The summed E-state index contributed by atoms with van der Waals surface area (Å²) in [6.45, 7) is 0.293. The van der Waals surface area contributed by atoms with Crippen molar-refractivity contribution in [3.8, 4) is 0 Å². The van der Waals surface area contributed by atoms with Crippen molar-refractivity contribution in [3.63, 3.8) is 0 Å².